The van der Waals surface area contributed by atoms with E-state index in [1.54, 1.807) is 0 Å². The average molecular weight is 325 g/mol. The van der Waals surface area contributed by atoms with Crippen LogP contribution < -0.4 is 10.2 Å². The molecule has 0 bridgehead atoms. The van der Waals surface area contributed by atoms with Crippen molar-refractivity contribution in [2.45, 2.75) is 45.4 Å². The molecule has 0 saturated carbocycles. The van der Waals surface area contributed by atoms with Gasteiger partial charge in [0, 0.05) is 37.9 Å². The van der Waals surface area contributed by atoms with E-state index in [0.717, 1.165) is 44.7 Å². The summed E-state index contributed by atoms with van der Waals surface area (Å²) in [6.07, 6.45) is 4.59. The molecule has 1 aromatic carbocycles. The van der Waals surface area contributed by atoms with E-state index < -0.39 is 0 Å². The summed E-state index contributed by atoms with van der Waals surface area (Å²) in [6.45, 7) is 5.46. The molecule has 128 valence electrons. The van der Waals surface area contributed by atoms with Crippen molar-refractivity contribution < 1.29 is 5.11 Å². The second kappa shape index (κ2) is 8.27. The van der Waals surface area contributed by atoms with Crippen LogP contribution in [-0.2, 0) is 19.5 Å². The maximum Gasteiger partial charge on any atom is 0.133 e. The molecule has 0 aliphatic carbocycles. The zero-order valence-electron chi connectivity index (χ0n) is 14.4. The molecule has 1 aliphatic heterocycles. The fourth-order valence-electron chi connectivity index (χ4n) is 3.23. The number of anilines is 1. The van der Waals surface area contributed by atoms with Crippen molar-refractivity contribution in [2.75, 3.05) is 18.0 Å². The SMILES string of the molecule is CCc1ccc(CNCc2cccnc2N2CCCC(O)C2)cc1. The molecule has 1 fully saturated rings. The fraction of sp³-hybridized carbons (Fsp3) is 0.450. The number of benzene rings is 1. The van der Waals surface area contributed by atoms with Crippen molar-refractivity contribution in [2.24, 2.45) is 0 Å². The van der Waals surface area contributed by atoms with Crippen LogP contribution in [0.5, 0.6) is 0 Å². The average Bonchev–Trinajstić information content (AvgIpc) is 2.63. The van der Waals surface area contributed by atoms with Crippen LogP contribution in [0.15, 0.2) is 42.6 Å². The molecule has 4 heteroatoms. The summed E-state index contributed by atoms with van der Waals surface area (Å²) >= 11 is 0. The molecule has 1 aromatic heterocycles. The smallest absolute Gasteiger partial charge is 0.133 e. The van der Waals surface area contributed by atoms with E-state index in [9.17, 15) is 5.11 Å². The summed E-state index contributed by atoms with van der Waals surface area (Å²) < 4.78 is 0. The zero-order valence-corrected chi connectivity index (χ0v) is 14.4. The number of piperidine rings is 1. The third kappa shape index (κ3) is 4.34. The highest BCUT2D eigenvalue weighted by Crippen LogP contribution is 2.21. The van der Waals surface area contributed by atoms with Gasteiger partial charge in [0.15, 0.2) is 0 Å². The van der Waals surface area contributed by atoms with Crippen LogP contribution >= 0.6 is 0 Å². The summed E-state index contributed by atoms with van der Waals surface area (Å²) in [5.74, 6) is 1.00. The molecule has 2 N–H and O–H groups in total. The van der Waals surface area contributed by atoms with E-state index >= 15 is 0 Å². The molecular formula is C20H27N3O. The highest BCUT2D eigenvalue weighted by atomic mass is 16.3. The van der Waals surface area contributed by atoms with Crippen LogP contribution in [0.4, 0.5) is 5.82 Å². The Bertz CT molecular complexity index is 642. The van der Waals surface area contributed by atoms with Gasteiger partial charge in [-0.3, -0.25) is 0 Å². The van der Waals surface area contributed by atoms with E-state index in [1.807, 2.05) is 12.3 Å². The van der Waals surface area contributed by atoms with Gasteiger partial charge in [-0.15, -0.1) is 0 Å². The van der Waals surface area contributed by atoms with Crippen molar-refractivity contribution in [1.82, 2.24) is 10.3 Å². The molecule has 1 unspecified atom stereocenters. The predicted molar refractivity (Wildman–Crippen MR) is 98.1 cm³/mol. The number of pyridine rings is 1. The van der Waals surface area contributed by atoms with E-state index in [0.29, 0.717) is 6.54 Å². The van der Waals surface area contributed by atoms with E-state index in [2.05, 4.69) is 52.5 Å². The Balaban J connectivity index is 1.60. The highest BCUT2D eigenvalue weighted by molar-refractivity contribution is 5.47. The molecule has 1 saturated heterocycles. The van der Waals surface area contributed by atoms with Crippen LogP contribution in [-0.4, -0.2) is 29.3 Å². The first-order chi connectivity index (χ1) is 11.8. The molecule has 1 atom stereocenters. The van der Waals surface area contributed by atoms with Gasteiger partial charge in [-0.1, -0.05) is 37.3 Å². The van der Waals surface area contributed by atoms with Gasteiger partial charge in [0.2, 0.25) is 0 Å². The number of nitrogens with one attached hydrogen (secondary N) is 1. The van der Waals surface area contributed by atoms with Gasteiger partial charge in [0.05, 0.1) is 6.10 Å². The molecule has 2 heterocycles. The van der Waals surface area contributed by atoms with Crippen molar-refractivity contribution in [3.8, 4) is 0 Å². The van der Waals surface area contributed by atoms with Gasteiger partial charge in [-0.05, 0) is 36.5 Å². The Hall–Kier alpha value is -1.91. The second-order valence-electron chi connectivity index (χ2n) is 6.50. The molecule has 2 aromatic rings. The first-order valence-electron chi connectivity index (χ1n) is 8.91. The minimum absolute atomic E-state index is 0.237. The molecule has 4 nitrogen and oxygen atoms in total. The van der Waals surface area contributed by atoms with Crippen LogP contribution in [0.25, 0.3) is 0 Å². The van der Waals surface area contributed by atoms with Crippen molar-refractivity contribution in [1.29, 1.82) is 0 Å². The number of aliphatic hydroxyl groups excluding tert-OH is 1. The summed E-state index contributed by atoms with van der Waals surface area (Å²) in [4.78, 5) is 6.77. The lowest BCUT2D eigenvalue weighted by Crippen LogP contribution is -2.39. The minimum atomic E-state index is -0.237. The van der Waals surface area contributed by atoms with E-state index in [-0.39, 0.29) is 6.10 Å². The van der Waals surface area contributed by atoms with E-state index in [1.165, 1.54) is 16.7 Å². The van der Waals surface area contributed by atoms with Crippen molar-refractivity contribution in [3.63, 3.8) is 0 Å². The molecule has 0 spiro atoms. The lowest BCUT2D eigenvalue weighted by molar-refractivity contribution is 0.154. The number of hydrogen-bond donors (Lipinski definition) is 2. The Morgan fingerprint density at radius 2 is 1.96 bits per heavy atom. The third-order valence-electron chi connectivity index (χ3n) is 4.64. The zero-order chi connectivity index (χ0) is 16.8. The summed E-state index contributed by atoms with van der Waals surface area (Å²) in [7, 11) is 0. The molecule has 1 aliphatic rings. The number of rotatable bonds is 6. The molecule has 0 radical (unpaired) electrons. The summed E-state index contributed by atoms with van der Waals surface area (Å²) in [5.41, 5.74) is 3.86. The van der Waals surface area contributed by atoms with Crippen LogP contribution in [0.3, 0.4) is 0 Å². The maximum absolute atomic E-state index is 9.91. The molecule has 24 heavy (non-hydrogen) atoms. The highest BCUT2D eigenvalue weighted by Gasteiger charge is 2.20. The lowest BCUT2D eigenvalue weighted by Gasteiger charge is -2.32. The van der Waals surface area contributed by atoms with E-state index in [4.69, 9.17) is 0 Å². The number of aliphatic hydroxyl groups is 1. The largest absolute Gasteiger partial charge is 0.391 e. The van der Waals surface area contributed by atoms with Crippen LogP contribution in [0.2, 0.25) is 0 Å². The monoisotopic (exact) mass is 325 g/mol. The van der Waals surface area contributed by atoms with Gasteiger partial charge in [0.1, 0.15) is 5.82 Å². The van der Waals surface area contributed by atoms with Crippen molar-refractivity contribution >= 4 is 5.82 Å². The second-order valence-corrected chi connectivity index (χ2v) is 6.50. The normalized spacial score (nSPS) is 17.9. The predicted octanol–water partition coefficient (Wildman–Crippen LogP) is 2.89. The maximum atomic E-state index is 9.91. The summed E-state index contributed by atoms with van der Waals surface area (Å²) in [5, 5.41) is 13.4. The first-order valence-corrected chi connectivity index (χ1v) is 8.91. The van der Waals surface area contributed by atoms with Gasteiger partial charge < -0.3 is 15.3 Å². The molecule has 0 amide bonds. The van der Waals surface area contributed by atoms with Gasteiger partial charge in [-0.25, -0.2) is 4.98 Å². The lowest BCUT2D eigenvalue weighted by atomic mass is 10.1. The topological polar surface area (TPSA) is 48.4 Å². The van der Waals surface area contributed by atoms with Gasteiger partial charge in [-0.2, -0.15) is 0 Å². The fourth-order valence-corrected chi connectivity index (χ4v) is 3.23. The summed E-state index contributed by atoms with van der Waals surface area (Å²) in [6, 6.07) is 12.9. The number of β-amino-alcohol motifs (C(OH)–C–C–N with tert-alkyl or cyclic N) is 1. The molecular weight excluding hydrogens is 298 g/mol. The number of aromatic nitrogens is 1. The molecule has 3 rings (SSSR count). The number of nitrogens with zero attached hydrogens (tertiary/aromatic N) is 2. The Morgan fingerprint density at radius 3 is 2.71 bits per heavy atom. The number of hydrogen-bond acceptors (Lipinski definition) is 4. The first kappa shape index (κ1) is 16.9. The van der Waals surface area contributed by atoms with Crippen molar-refractivity contribution in [3.05, 3.63) is 59.3 Å². The van der Waals surface area contributed by atoms with Crippen LogP contribution in [0.1, 0.15) is 36.5 Å². The Labute approximate surface area is 144 Å². The Morgan fingerprint density at radius 1 is 1.17 bits per heavy atom. The number of aryl methyl sites for hydroxylation is 1. The standard InChI is InChI=1S/C20H27N3O/c1-2-16-7-9-17(10-8-16)13-21-14-18-5-3-11-22-20(18)23-12-4-6-19(24)15-23/h3,5,7-11,19,21,24H,2,4,6,12-15H2,1H3. The van der Waals surface area contributed by atoms with Gasteiger partial charge in [0.25, 0.3) is 0 Å². The minimum Gasteiger partial charge on any atom is -0.391 e. The van der Waals surface area contributed by atoms with Gasteiger partial charge >= 0.3 is 0 Å². The third-order valence-corrected chi connectivity index (χ3v) is 4.64. The van der Waals surface area contributed by atoms with Crippen LogP contribution in [0, 0.1) is 0 Å². The quantitative estimate of drug-likeness (QED) is 0.857. The Kier molecular flexibility index (Phi) is 5.83.